The average Bonchev–Trinajstić information content (AvgIpc) is 3.13. The highest BCUT2D eigenvalue weighted by atomic mass is 32.1. The number of aromatic nitrogens is 2. The molecule has 3 aromatic rings. The summed E-state index contributed by atoms with van der Waals surface area (Å²) in [6, 6.07) is 12.8. The van der Waals surface area contributed by atoms with Crippen LogP contribution in [0.3, 0.4) is 0 Å². The summed E-state index contributed by atoms with van der Waals surface area (Å²) >= 11 is 1.45. The number of rotatable bonds is 5. The van der Waals surface area contributed by atoms with Crippen molar-refractivity contribution in [2.75, 3.05) is 11.4 Å². The molecule has 0 fully saturated rings. The van der Waals surface area contributed by atoms with E-state index in [-0.39, 0.29) is 12.1 Å². The van der Waals surface area contributed by atoms with Gasteiger partial charge in [0, 0.05) is 23.3 Å². The SMILES string of the molecule is CCN(C(=O)c1c[nH]c(=O)n(Cc2cccs2)c1=O)c1ccccc1. The first-order chi connectivity index (χ1) is 12.1. The molecule has 0 spiro atoms. The maximum absolute atomic E-state index is 12.9. The van der Waals surface area contributed by atoms with E-state index in [9.17, 15) is 14.4 Å². The van der Waals surface area contributed by atoms with Crippen LogP contribution in [0.5, 0.6) is 0 Å². The lowest BCUT2D eigenvalue weighted by Crippen LogP contribution is -2.42. The molecule has 0 radical (unpaired) electrons. The van der Waals surface area contributed by atoms with E-state index in [2.05, 4.69) is 4.98 Å². The van der Waals surface area contributed by atoms with Crippen molar-refractivity contribution in [2.45, 2.75) is 13.5 Å². The van der Waals surface area contributed by atoms with Crippen LogP contribution < -0.4 is 16.1 Å². The molecule has 1 aromatic carbocycles. The molecule has 3 rings (SSSR count). The summed E-state index contributed by atoms with van der Waals surface area (Å²) in [7, 11) is 0. The number of benzene rings is 1. The predicted molar refractivity (Wildman–Crippen MR) is 98.5 cm³/mol. The maximum atomic E-state index is 12.9. The normalized spacial score (nSPS) is 10.6. The van der Waals surface area contributed by atoms with Gasteiger partial charge in [0.15, 0.2) is 0 Å². The Morgan fingerprint density at radius 2 is 1.92 bits per heavy atom. The number of carbonyl (C=O) groups is 1. The van der Waals surface area contributed by atoms with Crippen molar-refractivity contribution in [2.24, 2.45) is 0 Å². The van der Waals surface area contributed by atoms with Crippen LogP contribution >= 0.6 is 11.3 Å². The Morgan fingerprint density at radius 3 is 2.56 bits per heavy atom. The second kappa shape index (κ2) is 7.31. The number of hydrogen-bond donors (Lipinski definition) is 1. The molecule has 128 valence electrons. The summed E-state index contributed by atoms with van der Waals surface area (Å²) in [5, 5.41) is 1.87. The number of anilines is 1. The zero-order valence-electron chi connectivity index (χ0n) is 13.6. The summed E-state index contributed by atoms with van der Waals surface area (Å²) in [6.45, 7) is 2.39. The first-order valence-corrected chi connectivity index (χ1v) is 8.71. The van der Waals surface area contributed by atoms with Crippen molar-refractivity contribution < 1.29 is 4.79 Å². The second-order valence-corrected chi connectivity index (χ2v) is 6.40. The van der Waals surface area contributed by atoms with Gasteiger partial charge in [-0.2, -0.15) is 0 Å². The molecule has 25 heavy (non-hydrogen) atoms. The highest BCUT2D eigenvalue weighted by Crippen LogP contribution is 2.15. The lowest BCUT2D eigenvalue weighted by molar-refractivity contribution is 0.0985. The standard InChI is InChI=1S/C18H17N3O3S/c1-2-20(13-7-4-3-5-8-13)16(22)15-11-19-18(24)21(17(15)23)12-14-9-6-10-25-14/h3-11H,2,12H2,1H3,(H,19,24). The molecule has 2 aromatic heterocycles. The number of thiophene rings is 1. The number of H-pyrrole nitrogens is 1. The fourth-order valence-corrected chi connectivity index (χ4v) is 3.26. The number of para-hydroxylation sites is 1. The van der Waals surface area contributed by atoms with Crippen molar-refractivity contribution in [1.82, 2.24) is 9.55 Å². The third-order valence-corrected chi connectivity index (χ3v) is 4.68. The Balaban J connectivity index is 2.01. The van der Waals surface area contributed by atoms with Crippen LogP contribution in [-0.2, 0) is 6.54 Å². The molecule has 0 aliphatic heterocycles. The highest BCUT2D eigenvalue weighted by Gasteiger charge is 2.21. The molecule has 2 heterocycles. The van der Waals surface area contributed by atoms with Gasteiger partial charge in [-0.1, -0.05) is 24.3 Å². The zero-order valence-corrected chi connectivity index (χ0v) is 14.5. The van der Waals surface area contributed by atoms with E-state index in [1.165, 1.54) is 22.4 Å². The maximum Gasteiger partial charge on any atom is 0.328 e. The number of aromatic amines is 1. The molecule has 1 amide bonds. The molecule has 1 N–H and O–H groups in total. The van der Waals surface area contributed by atoms with E-state index in [1.807, 2.05) is 42.6 Å². The lowest BCUT2D eigenvalue weighted by Gasteiger charge is -2.20. The van der Waals surface area contributed by atoms with Crippen LogP contribution in [0.1, 0.15) is 22.2 Å². The first kappa shape index (κ1) is 16.9. The number of hydrogen-bond acceptors (Lipinski definition) is 4. The average molecular weight is 355 g/mol. The van der Waals surface area contributed by atoms with Crippen molar-refractivity contribution >= 4 is 22.9 Å². The largest absolute Gasteiger partial charge is 0.328 e. The van der Waals surface area contributed by atoms with Crippen LogP contribution in [0.15, 0.2) is 63.6 Å². The van der Waals surface area contributed by atoms with Gasteiger partial charge < -0.3 is 9.88 Å². The Morgan fingerprint density at radius 1 is 1.16 bits per heavy atom. The number of carbonyl (C=O) groups excluding carboxylic acids is 1. The smallest absolute Gasteiger partial charge is 0.313 e. The van der Waals surface area contributed by atoms with Gasteiger partial charge in [-0.15, -0.1) is 11.3 Å². The Labute approximate surface area is 148 Å². The van der Waals surface area contributed by atoms with Gasteiger partial charge in [0.2, 0.25) is 0 Å². The van der Waals surface area contributed by atoms with E-state index in [0.717, 1.165) is 9.44 Å². The van der Waals surface area contributed by atoms with Gasteiger partial charge in [0.05, 0.1) is 6.54 Å². The van der Waals surface area contributed by atoms with E-state index < -0.39 is 17.2 Å². The van der Waals surface area contributed by atoms with Crippen LogP contribution in [0.4, 0.5) is 5.69 Å². The Hall–Kier alpha value is -2.93. The van der Waals surface area contributed by atoms with Gasteiger partial charge in [-0.05, 0) is 30.5 Å². The fraction of sp³-hybridized carbons (Fsp3) is 0.167. The summed E-state index contributed by atoms with van der Waals surface area (Å²) in [6.07, 6.45) is 1.20. The minimum atomic E-state index is -0.587. The van der Waals surface area contributed by atoms with E-state index in [0.29, 0.717) is 12.2 Å². The summed E-state index contributed by atoms with van der Waals surface area (Å²) in [5.41, 5.74) is -0.471. The van der Waals surface area contributed by atoms with Crippen LogP contribution in [0.25, 0.3) is 0 Å². The van der Waals surface area contributed by atoms with Crippen molar-refractivity contribution in [3.8, 4) is 0 Å². The molecule has 0 saturated carbocycles. The molecule has 0 saturated heterocycles. The first-order valence-electron chi connectivity index (χ1n) is 7.83. The minimum absolute atomic E-state index is 0.0538. The molecule has 6 nitrogen and oxygen atoms in total. The predicted octanol–water partition coefficient (Wildman–Crippen LogP) is 2.31. The number of nitrogens with zero attached hydrogens (tertiary/aromatic N) is 2. The van der Waals surface area contributed by atoms with E-state index in [1.54, 1.807) is 12.1 Å². The quantitative estimate of drug-likeness (QED) is 0.763. The van der Waals surface area contributed by atoms with E-state index >= 15 is 0 Å². The topological polar surface area (TPSA) is 75.2 Å². The van der Waals surface area contributed by atoms with Gasteiger partial charge in [-0.25, -0.2) is 4.79 Å². The number of amides is 1. The lowest BCUT2D eigenvalue weighted by atomic mass is 10.2. The molecule has 0 aliphatic carbocycles. The van der Waals surface area contributed by atoms with E-state index in [4.69, 9.17) is 0 Å². The van der Waals surface area contributed by atoms with Gasteiger partial charge in [0.1, 0.15) is 5.56 Å². The zero-order chi connectivity index (χ0) is 17.8. The summed E-state index contributed by atoms with van der Waals surface area (Å²) in [5.74, 6) is -0.435. The van der Waals surface area contributed by atoms with Crippen LogP contribution in [0, 0.1) is 0 Å². The fourth-order valence-electron chi connectivity index (χ4n) is 2.56. The minimum Gasteiger partial charge on any atom is -0.313 e. The molecule has 0 bridgehead atoms. The van der Waals surface area contributed by atoms with Gasteiger partial charge in [-0.3, -0.25) is 14.2 Å². The van der Waals surface area contributed by atoms with Crippen LogP contribution in [0.2, 0.25) is 0 Å². The molecule has 0 atom stereocenters. The third kappa shape index (κ3) is 3.46. The number of nitrogens with one attached hydrogen (secondary N) is 1. The Bertz CT molecular complexity index is 975. The van der Waals surface area contributed by atoms with Gasteiger partial charge >= 0.3 is 5.69 Å². The Kier molecular flexibility index (Phi) is 4.95. The molecule has 0 unspecified atom stereocenters. The molecule has 7 heteroatoms. The van der Waals surface area contributed by atoms with Crippen molar-refractivity contribution in [1.29, 1.82) is 0 Å². The highest BCUT2D eigenvalue weighted by molar-refractivity contribution is 7.09. The monoisotopic (exact) mass is 355 g/mol. The summed E-state index contributed by atoms with van der Waals surface area (Å²) in [4.78, 5) is 42.5. The molecular formula is C18H17N3O3S. The molecule has 0 aliphatic rings. The summed E-state index contributed by atoms with van der Waals surface area (Å²) < 4.78 is 1.05. The molecular weight excluding hydrogens is 338 g/mol. The van der Waals surface area contributed by atoms with Crippen molar-refractivity contribution in [3.05, 3.63) is 85.3 Å². The van der Waals surface area contributed by atoms with Crippen LogP contribution in [-0.4, -0.2) is 22.0 Å². The second-order valence-electron chi connectivity index (χ2n) is 5.36. The third-order valence-electron chi connectivity index (χ3n) is 3.81. The van der Waals surface area contributed by atoms with Crippen molar-refractivity contribution in [3.63, 3.8) is 0 Å². The van der Waals surface area contributed by atoms with Gasteiger partial charge in [0.25, 0.3) is 11.5 Å².